The SMILES string of the molecule is CCC(NC(=O)C1CC2CCCC(C1)C2N)c1cccc(Cl)c1. The normalized spacial score (nSPS) is 31.4. The van der Waals surface area contributed by atoms with Gasteiger partial charge >= 0.3 is 0 Å². The van der Waals surface area contributed by atoms with Crippen LogP contribution in [0.1, 0.15) is 57.1 Å². The molecule has 2 aliphatic rings. The van der Waals surface area contributed by atoms with Crippen LogP contribution in [0.2, 0.25) is 5.02 Å². The molecule has 2 saturated carbocycles. The van der Waals surface area contributed by atoms with Crippen molar-refractivity contribution >= 4 is 17.5 Å². The fourth-order valence-corrected chi connectivity index (χ4v) is 4.64. The van der Waals surface area contributed by atoms with Crippen LogP contribution >= 0.6 is 11.6 Å². The van der Waals surface area contributed by atoms with E-state index in [-0.39, 0.29) is 17.9 Å². The van der Waals surface area contributed by atoms with Crippen molar-refractivity contribution in [3.05, 3.63) is 34.9 Å². The topological polar surface area (TPSA) is 55.1 Å². The summed E-state index contributed by atoms with van der Waals surface area (Å²) in [6.07, 6.45) is 6.42. The summed E-state index contributed by atoms with van der Waals surface area (Å²) in [6.45, 7) is 2.09. The first kappa shape index (κ1) is 16.8. The molecule has 0 aliphatic heterocycles. The molecule has 1 aromatic rings. The van der Waals surface area contributed by atoms with E-state index in [0.717, 1.165) is 24.8 Å². The van der Waals surface area contributed by atoms with E-state index >= 15 is 0 Å². The molecule has 23 heavy (non-hydrogen) atoms. The highest BCUT2D eigenvalue weighted by atomic mass is 35.5. The Morgan fingerprint density at radius 3 is 2.65 bits per heavy atom. The number of nitrogens with two attached hydrogens (primary N) is 1. The van der Waals surface area contributed by atoms with Crippen LogP contribution in [-0.2, 0) is 4.79 Å². The number of halogens is 1. The van der Waals surface area contributed by atoms with E-state index in [9.17, 15) is 4.79 Å². The molecule has 2 bridgehead atoms. The minimum absolute atomic E-state index is 0.0386. The minimum Gasteiger partial charge on any atom is -0.349 e. The van der Waals surface area contributed by atoms with Gasteiger partial charge in [-0.15, -0.1) is 0 Å². The van der Waals surface area contributed by atoms with Crippen molar-refractivity contribution in [1.82, 2.24) is 5.32 Å². The Bertz CT molecular complexity index is 548. The Balaban J connectivity index is 1.66. The zero-order valence-corrected chi connectivity index (χ0v) is 14.6. The second-order valence-corrected chi connectivity index (χ2v) is 7.66. The summed E-state index contributed by atoms with van der Waals surface area (Å²) >= 11 is 6.09. The van der Waals surface area contributed by atoms with E-state index in [1.807, 2.05) is 24.3 Å². The summed E-state index contributed by atoms with van der Waals surface area (Å²) in [6, 6.07) is 8.13. The molecule has 2 fully saturated rings. The highest BCUT2D eigenvalue weighted by Gasteiger charge is 2.40. The molecule has 2 aliphatic carbocycles. The van der Waals surface area contributed by atoms with Crippen molar-refractivity contribution in [3.8, 4) is 0 Å². The quantitative estimate of drug-likeness (QED) is 0.872. The Morgan fingerprint density at radius 2 is 2.04 bits per heavy atom. The molecule has 0 aromatic heterocycles. The van der Waals surface area contributed by atoms with E-state index in [1.54, 1.807) is 0 Å². The maximum absolute atomic E-state index is 12.8. The van der Waals surface area contributed by atoms with Gasteiger partial charge in [-0.3, -0.25) is 4.79 Å². The summed E-state index contributed by atoms with van der Waals surface area (Å²) in [5.41, 5.74) is 7.42. The number of carbonyl (C=O) groups is 1. The molecule has 1 aromatic carbocycles. The van der Waals surface area contributed by atoms with Gasteiger partial charge in [-0.2, -0.15) is 0 Å². The predicted molar refractivity (Wildman–Crippen MR) is 94.2 cm³/mol. The Kier molecular flexibility index (Phi) is 5.27. The van der Waals surface area contributed by atoms with Crippen molar-refractivity contribution in [2.75, 3.05) is 0 Å². The lowest BCUT2D eigenvalue weighted by molar-refractivity contribution is -0.128. The van der Waals surface area contributed by atoms with Crippen molar-refractivity contribution in [2.24, 2.45) is 23.5 Å². The van der Waals surface area contributed by atoms with Crippen LogP contribution in [0.3, 0.4) is 0 Å². The molecule has 1 amide bonds. The van der Waals surface area contributed by atoms with Crippen LogP contribution in [-0.4, -0.2) is 11.9 Å². The molecular weight excluding hydrogens is 308 g/mol. The fourth-order valence-electron chi connectivity index (χ4n) is 4.44. The van der Waals surface area contributed by atoms with Gasteiger partial charge in [-0.25, -0.2) is 0 Å². The summed E-state index contributed by atoms with van der Waals surface area (Å²) < 4.78 is 0. The predicted octanol–water partition coefficient (Wildman–Crippen LogP) is 4.06. The summed E-state index contributed by atoms with van der Waals surface area (Å²) in [5.74, 6) is 1.38. The first-order valence-corrected chi connectivity index (χ1v) is 9.27. The Hall–Kier alpha value is -1.06. The Morgan fingerprint density at radius 1 is 1.35 bits per heavy atom. The number of fused-ring (bicyclic) bond motifs is 2. The van der Waals surface area contributed by atoms with Crippen LogP contribution in [0.4, 0.5) is 0 Å². The highest BCUT2D eigenvalue weighted by molar-refractivity contribution is 6.30. The van der Waals surface area contributed by atoms with Crippen molar-refractivity contribution in [1.29, 1.82) is 0 Å². The number of nitrogens with one attached hydrogen (secondary N) is 1. The first-order valence-electron chi connectivity index (χ1n) is 8.90. The van der Waals surface area contributed by atoms with Crippen LogP contribution in [0.25, 0.3) is 0 Å². The lowest BCUT2D eigenvalue weighted by Crippen LogP contribution is -2.49. The van der Waals surface area contributed by atoms with Gasteiger partial charge in [0.05, 0.1) is 6.04 Å². The summed E-state index contributed by atoms with van der Waals surface area (Å²) in [4.78, 5) is 12.8. The zero-order chi connectivity index (χ0) is 16.4. The van der Waals surface area contributed by atoms with Crippen molar-refractivity contribution in [2.45, 2.75) is 57.5 Å². The van der Waals surface area contributed by atoms with Gasteiger partial charge in [0, 0.05) is 17.0 Å². The van der Waals surface area contributed by atoms with Gasteiger partial charge in [-0.05, 0) is 61.6 Å². The number of hydrogen-bond acceptors (Lipinski definition) is 2. The van der Waals surface area contributed by atoms with E-state index in [0.29, 0.717) is 22.9 Å². The number of carbonyl (C=O) groups excluding carboxylic acids is 1. The first-order chi connectivity index (χ1) is 11.1. The summed E-state index contributed by atoms with van der Waals surface area (Å²) in [5, 5.41) is 3.96. The molecule has 3 atom stereocenters. The number of hydrogen-bond donors (Lipinski definition) is 2. The van der Waals surface area contributed by atoms with Gasteiger partial charge in [0.1, 0.15) is 0 Å². The zero-order valence-electron chi connectivity index (χ0n) is 13.8. The van der Waals surface area contributed by atoms with Crippen molar-refractivity contribution < 1.29 is 4.79 Å². The molecule has 0 spiro atoms. The van der Waals surface area contributed by atoms with Crippen LogP contribution < -0.4 is 11.1 Å². The largest absolute Gasteiger partial charge is 0.349 e. The average Bonchev–Trinajstić information content (AvgIpc) is 2.52. The molecule has 3 unspecified atom stereocenters. The second-order valence-electron chi connectivity index (χ2n) is 7.22. The van der Waals surface area contributed by atoms with Gasteiger partial charge in [-0.1, -0.05) is 37.1 Å². The van der Waals surface area contributed by atoms with E-state index in [4.69, 9.17) is 17.3 Å². The number of rotatable bonds is 4. The van der Waals surface area contributed by atoms with Gasteiger partial charge in [0.2, 0.25) is 5.91 Å². The van der Waals surface area contributed by atoms with E-state index < -0.39 is 0 Å². The third-order valence-corrected chi connectivity index (χ3v) is 5.99. The maximum atomic E-state index is 12.8. The van der Waals surface area contributed by atoms with E-state index in [1.165, 1.54) is 19.3 Å². The third kappa shape index (κ3) is 3.72. The maximum Gasteiger partial charge on any atom is 0.223 e. The van der Waals surface area contributed by atoms with Crippen LogP contribution in [0, 0.1) is 17.8 Å². The standard InChI is InChI=1S/C19H27ClN2O/c1-2-17(12-5-4-8-16(20)11-12)22-19(23)15-9-13-6-3-7-14(10-15)18(13)21/h4-5,8,11,13-15,17-18H,2-3,6-7,9-10,21H2,1H3,(H,22,23). The molecule has 126 valence electrons. The van der Waals surface area contributed by atoms with Gasteiger partial charge in [0.25, 0.3) is 0 Å². The Labute approximate surface area is 144 Å². The molecule has 3 rings (SSSR count). The fraction of sp³-hybridized carbons (Fsp3) is 0.632. The molecule has 4 heteroatoms. The van der Waals surface area contributed by atoms with Gasteiger partial charge in [0.15, 0.2) is 0 Å². The van der Waals surface area contributed by atoms with E-state index in [2.05, 4.69) is 12.2 Å². The lowest BCUT2D eigenvalue weighted by Gasteiger charge is -2.43. The lowest BCUT2D eigenvalue weighted by atomic mass is 9.65. The second kappa shape index (κ2) is 7.23. The molecule has 3 nitrogen and oxygen atoms in total. The van der Waals surface area contributed by atoms with Crippen LogP contribution in [0.5, 0.6) is 0 Å². The average molecular weight is 335 g/mol. The smallest absolute Gasteiger partial charge is 0.223 e. The third-order valence-electron chi connectivity index (χ3n) is 5.76. The number of amides is 1. The number of benzene rings is 1. The van der Waals surface area contributed by atoms with Gasteiger partial charge < -0.3 is 11.1 Å². The molecule has 3 N–H and O–H groups in total. The summed E-state index contributed by atoms with van der Waals surface area (Å²) in [7, 11) is 0. The molecule has 0 radical (unpaired) electrons. The monoisotopic (exact) mass is 334 g/mol. The highest BCUT2D eigenvalue weighted by Crippen LogP contribution is 2.42. The minimum atomic E-state index is 0.0386. The van der Waals surface area contributed by atoms with Crippen LogP contribution in [0.15, 0.2) is 24.3 Å². The molecule has 0 saturated heterocycles. The molecule has 0 heterocycles. The van der Waals surface area contributed by atoms with Crippen molar-refractivity contribution in [3.63, 3.8) is 0 Å². The molecular formula is C19H27ClN2O.